The first-order chi connectivity index (χ1) is 9.74. The summed E-state index contributed by atoms with van der Waals surface area (Å²) in [5.74, 6) is 0. The molecule has 1 saturated heterocycles. The standard InChI is InChI=1S/C14H17ClN2O4/c1-14(2,3)21-13(19)16-8-4-5-9(10(15)6-8)11-7-20-12(18)17-11/h4-6,11H,7H2,1-3H3,(H,16,19)(H,17,18). The number of ether oxygens (including phenoxy) is 2. The van der Waals surface area contributed by atoms with Gasteiger partial charge in [0.2, 0.25) is 0 Å². The molecule has 1 unspecified atom stereocenters. The molecular weight excluding hydrogens is 296 g/mol. The van der Waals surface area contributed by atoms with Gasteiger partial charge in [-0.25, -0.2) is 9.59 Å². The molecule has 1 fully saturated rings. The van der Waals surface area contributed by atoms with Crippen LogP contribution in [0.15, 0.2) is 18.2 Å². The molecule has 2 amide bonds. The Balaban J connectivity index is 2.05. The monoisotopic (exact) mass is 312 g/mol. The lowest BCUT2D eigenvalue weighted by molar-refractivity contribution is 0.0636. The highest BCUT2D eigenvalue weighted by Crippen LogP contribution is 2.28. The Labute approximate surface area is 127 Å². The lowest BCUT2D eigenvalue weighted by Crippen LogP contribution is -2.27. The van der Waals surface area contributed by atoms with Crippen molar-refractivity contribution < 1.29 is 19.1 Å². The van der Waals surface area contributed by atoms with Gasteiger partial charge < -0.3 is 14.8 Å². The normalized spacial score (nSPS) is 17.9. The number of cyclic esters (lactones) is 1. The summed E-state index contributed by atoms with van der Waals surface area (Å²) in [5, 5.41) is 5.68. The number of nitrogens with one attached hydrogen (secondary N) is 2. The van der Waals surface area contributed by atoms with Crippen LogP contribution in [0.1, 0.15) is 32.4 Å². The molecule has 2 N–H and O–H groups in total. The molecule has 6 nitrogen and oxygen atoms in total. The van der Waals surface area contributed by atoms with Gasteiger partial charge in [-0.3, -0.25) is 5.32 Å². The molecule has 1 heterocycles. The van der Waals surface area contributed by atoms with Gasteiger partial charge in [-0.1, -0.05) is 17.7 Å². The molecule has 1 aliphatic rings. The Morgan fingerprint density at radius 3 is 2.71 bits per heavy atom. The zero-order valence-electron chi connectivity index (χ0n) is 12.0. The highest BCUT2D eigenvalue weighted by molar-refractivity contribution is 6.31. The quantitative estimate of drug-likeness (QED) is 0.876. The van der Waals surface area contributed by atoms with Crippen LogP contribution < -0.4 is 10.6 Å². The van der Waals surface area contributed by atoms with Gasteiger partial charge in [0.05, 0.1) is 6.04 Å². The molecule has 114 valence electrons. The molecule has 21 heavy (non-hydrogen) atoms. The van der Waals surface area contributed by atoms with E-state index in [1.54, 1.807) is 39.0 Å². The van der Waals surface area contributed by atoms with Crippen LogP contribution in [0.5, 0.6) is 0 Å². The molecule has 0 radical (unpaired) electrons. The number of carbonyl (C=O) groups excluding carboxylic acids is 2. The fraction of sp³-hybridized carbons (Fsp3) is 0.429. The Morgan fingerprint density at radius 2 is 2.19 bits per heavy atom. The number of hydrogen-bond donors (Lipinski definition) is 2. The van der Waals surface area contributed by atoms with E-state index in [-0.39, 0.29) is 12.6 Å². The summed E-state index contributed by atoms with van der Waals surface area (Å²) in [6.07, 6.45) is -1.02. The van der Waals surface area contributed by atoms with Crippen molar-refractivity contribution in [2.45, 2.75) is 32.4 Å². The third kappa shape index (κ3) is 4.26. The average molecular weight is 313 g/mol. The first kappa shape index (κ1) is 15.4. The molecule has 0 spiro atoms. The number of benzene rings is 1. The summed E-state index contributed by atoms with van der Waals surface area (Å²) in [4.78, 5) is 22.7. The number of amides is 2. The van der Waals surface area contributed by atoms with Crippen LogP contribution in [0.2, 0.25) is 5.02 Å². The fourth-order valence-corrected chi connectivity index (χ4v) is 2.17. The van der Waals surface area contributed by atoms with E-state index >= 15 is 0 Å². The summed E-state index contributed by atoms with van der Waals surface area (Å²) in [6.45, 7) is 5.58. The molecular formula is C14H17ClN2O4. The van der Waals surface area contributed by atoms with Crippen molar-refractivity contribution in [2.24, 2.45) is 0 Å². The molecule has 1 aromatic rings. The van der Waals surface area contributed by atoms with Crippen molar-refractivity contribution >= 4 is 29.5 Å². The minimum Gasteiger partial charge on any atom is -0.447 e. The molecule has 1 aliphatic heterocycles. The molecule has 1 aromatic carbocycles. The summed E-state index contributed by atoms with van der Waals surface area (Å²) >= 11 is 6.17. The minimum atomic E-state index is -0.570. The third-order valence-electron chi connectivity index (χ3n) is 2.69. The topological polar surface area (TPSA) is 76.7 Å². The summed E-state index contributed by atoms with van der Waals surface area (Å²) in [5.41, 5.74) is 0.680. The molecule has 2 rings (SSSR count). The second-order valence-electron chi connectivity index (χ2n) is 5.66. The Morgan fingerprint density at radius 1 is 1.48 bits per heavy atom. The molecule has 1 atom stereocenters. The zero-order chi connectivity index (χ0) is 15.6. The molecule has 7 heteroatoms. The SMILES string of the molecule is CC(C)(C)OC(=O)Nc1ccc(C2COC(=O)N2)c(Cl)c1. The van der Waals surface area contributed by atoms with E-state index in [2.05, 4.69) is 10.6 Å². The maximum Gasteiger partial charge on any atom is 0.412 e. The van der Waals surface area contributed by atoms with E-state index in [0.717, 1.165) is 5.56 Å². The van der Waals surface area contributed by atoms with E-state index < -0.39 is 17.8 Å². The van der Waals surface area contributed by atoms with Crippen LogP contribution in [0, 0.1) is 0 Å². The van der Waals surface area contributed by atoms with Crippen LogP contribution in [0.3, 0.4) is 0 Å². The first-order valence-corrected chi connectivity index (χ1v) is 6.85. The third-order valence-corrected chi connectivity index (χ3v) is 3.02. The lowest BCUT2D eigenvalue weighted by Gasteiger charge is -2.20. The fourth-order valence-electron chi connectivity index (χ4n) is 1.86. The maximum absolute atomic E-state index is 11.7. The molecule has 0 saturated carbocycles. The van der Waals surface area contributed by atoms with Crippen LogP contribution in [-0.2, 0) is 9.47 Å². The van der Waals surface area contributed by atoms with Crippen molar-refractivity contribution in [2.75, 3.05) is 11.9 Å². The largest absolute Gasteiger partial charge is 0.447 e. The van der Waals surface area contributed by atoms with Gasteiger partial charge in [0.1, 0.15) is 12.2 Å². The van der Waals surface area contributed by atoms with Crippen molar-refractivity contribution in [1.82, 2.24) is 5.32 Å². The van der Waals surface area contributed by atoms with Crippen LogP contribution in [0.4, 0.5) is 15.3 Å². The maximum atomic E-state index is 11.7. The van der Waals surface area contributed by atoms with E-state index in [0.29, 0.717) is 10.7 Å². The van der Waals surface area contributed by atoms with Crippen LogP contribution in [-0.4, -0.2) is 24.4 Å². The Hall–Kier alpha value is -1.95. The second kappa shape index (κ2) is 5.81. The second-order valence-corrected chi connectivity index (χ2v) is 6.07. The van der Waals surface area contributed by atoms with E-state index in [1.807, 2.05) is 0 Å². The predicted molar refractivity (Wildman–Crippen MR) is 78.5 cm³/mol. The number of carbonyl (C=O) groups is 2. The average Bonchev–Trinajstić information content (AvgIpc) is 2.73. The predicted octanol–water partition coefficient (Wildman–Crippen LogP) is 3.47. The van der Waals surface area contributed by atoms with Gasteiger partial charge in [0, 0.05) is 10.7 Å². The van der Waals surface area contributed by atoms with E-state index in [4.69, 9.17) is 21.1 Å². The first-order valence-electron chi connectivity index (χ1n) is 6.47. The summed E-state index contributed by atoms with van der Waals surface area (Å²) in [6, 6.07) is 4.75. The smallest absolute Gasteiger partial charge is 0.412 e. The summed E-state index contributed by atoms with van der Waals surface area (Å²) in [7, 11) is 0. The number of rotatable bonds is 2. The van der Waals surface area contributed by atoms with Gasteiger partial charge in [-0.05, 0) is 38.5 Å². The van der Waals surface area contributed by atoms with Gasteiger partial charge in [-0.2, -0.15) is 0 Å². The lowest BCUT2D eigenvalue weighted by atomic mass is 10.1. The molecule has 0 aromatic heterocycles. The van der Waals surface area contributed by atoms with E-state index in [9.17, 15) is 9.59 Å². The number of anilines is 1. The van der Waals surface area contributed by atoms with Crippen molar-refractivity contribution in [3.8, 4) is 0 Å². The van der Waals surface area contributed by atoms with Crippen molar-refractivity contribution in [1.29, 1.82) is 0 Å². The number of alkyl carbamates (subject to hydrolysis) is 1. The van der Waals surface area contributed by atoms with Gasteiger partial charge in [0.25, 0.3) is 0 Å². The van der Waals surface area contributed by atoms with Gasteiger partial charge in [-0.15, -0.1) is 0 Å². The number of halogens is 1. The number of hydrogen-bond acceptors (Lipinski definition) is 4. The molecule has 0 aliphatic carbocycles. The Kier molecular flexibility index (Phi) is 4.27. The summed E-state index contributed by atoms with van der Waals surface area (Å²) < 4.78 is 9.98. The molecule has 0 bridgehead atoms. The highest BCUT2D eigenvalue weighted by atomic mass is 35.5. The minimum absolute atomic E-state index is 0.234. The van der Waals surface area contributed by atoms with Gasteiger partial charge in [0.15, 0.2) is 0 Å². The van der Waals surface area contributed by atoms with E-state index in [1.165, 1.54) is 0 Å². The van der Waals surface area contributed by atoms with Crippen molar-refractivity contribution in [3.63, 3.8) is 0 Å². The Bertz CT molecular complexity index is 569. The van der Waals surface area contributed by atoms with Crippen molar-refractivity contribution in [3.05, 3.63) is 28.8 Å². The van der Waals surface area contributed by atoms with Crippen LogP contribution >= 0.6 is 11.6 Å². The zero-order valence-corrected chi connectivity index (χ0v) is 12.8. The van der Waals surface area contributed by atoms with Gasteiger partial charge >= 0.3 is 12.2 Å². The van der Waals surface area contributed by atoms with Crippen LogP contribution in [0.25, 0.3) is 0 Å². The highest BCUT2D eigenvalue weighted by Gasteiger charge is 2.25.